The number of anilines is 1. The monoisotopic (exact) mass is 282 g/mol. The van der Waals surface area contributed by atoms with Gasteiger partial charge in [0.2, 0.25) is 0 Å². The van der Waals surface area contributed by atoms with Crippen molar-refractivity contribution in [2.24, 2.45) is 11.3 Å². The second-order valence-corrected chi connectivity index (χ2v) is 6.28. The van der Waals surface area contributed by atoms with Gasteiger partial charge in [-0.25, -0.2) is 0 Å². The molecule has 2 aromatic rings. The number of pyridine rings is 1. The number of carboxylic acid groups (broad SMARTS) is 1. The van der Waals surface area contributed by atoms with Gasteiger partial charge in [-0.15, -0.1) is 0 Å². The first kappa shape index (κ1) is 12.6. The lowest BCUT2D eigenvalue weighted by molar-refractivity contribution is -0.149. The topological polar surface area (TPSA) is 53.4 Å². The molecule has 1 aromatic carbocycles. The van der Waals surface area contributed by atoms with E-state index in [1.165, 1.54) is 0 Å². The number of aromatic nitrogens is 1. The Morgan fingerprint density at radius 1 is 1.33 bits per heavy atom. The predicted octanol–water partition coefficient (Wildman–Crippen LogP) is 2.93. The number of para-hydroxylation sites is 1. The Balaban J connectivity index is 1.76. The third-order valence-electron chi connectivity index (χ3n) is 5.26. The van der Waals surface area contributed by atoms with Crippen LogP contribution in [0.2, 0.25) is 0 Å². The molecule has 0 bridgehead atoms. The summed E-state index contributed by atoms with van der Waals surface area (Å²) in [7, 11) is 0. The van der Waals surface area contributed by atoms with Crippen LogP contribution in [-0.4, -0.2) is 29.1 Å². The molecule has 4 rings (SSSR count). The van der Waals surface area contributed by atoms with Crippen LogP contribution in [0, 0.1) is 11.3 Å². The van der Waals surface area contributed by atoms with Crippen LogP contribution in [0.4, 0.5) is 5.69 Å². The van der Waals surface area contributed by atoms with E-state index in [-0.39, 0.29) is 5.92 Å². The summed E-state index contributed by atoms with van der Waals surface area (Å²) < 4.78 is 0. The van der Waals surface area contributed by atoms with Crippen LogP contribution in [0.15, 0.2) is 36.5 Å². The van der Waals surface area contributed by atoms with Crippen LogP contribution in [0.25, 0.3) is 10.9 Å². The first-order valence-electron chi connectivity index (χ1n) is 7.53. The van der Waals surface area contributed by atoms with E-state index in [4.69, 9.17) is 0 Å². The Labute approximate surface area is 123 Å². The van der Waals surface area contributed by atoms with Crippen molar-refractivity contribution in [3.63, 3.8) is 0 Å². The van der Waals surface area contributed by atoms with E-state index in [1.54, 1.807) is 0 Å². The summed E-state index contributed by atoms with van der Waals surface area (Å²) >= 11 is 0. The molecule has 2 heterocycles. The van der Waals surface area contributed by atoms with E-state index in [0.717, 1.165) is 42.4 Å². The lowest BCUT2D eigenvalue weighted by atomic mass is 9.81. The van der Waals surface area contributed by atoms with Gasteiger partial charge in [-0.1, -0.05) is 24.6 Å². The number of benzene rings is 1. The Hall–Kier alpha value is -2.10. The minimum absolute atomic E-state index is 0.280. The molecule has 0 unspecified atom stereocenters. The summed E-state index contributed by atoms with van der Waals surface area (Å²) in [6.07, 6.45) is 4.71. The summed E-state index contributed by atoms with van der Waals surface area (Å²) in [5.74, 6) is -0.340. The molecule has 4 heteroatoms. The zero-order valence-corrected chi connectivity index (χ0v) is 11.8. The summed E-state index contributed by atoms with van der Waals surface area (Å²) in [4.78, 5) is 18.5. The third-order valence-corrected chi connectivity index (χ3v) is 5.26. The molecule has 1 saturated carbocycles. The number of hydrogen-bond donors (Lipinski definition) is 1. The molecular formula is C17H18N2O2. The largest absolute Gasteiger partial charge is 0.481 e. The molecule has 1 aromatic heterocycles. The number of aliphatic carboxylic acids is 1. The molecule has 1 aliphatic heterocycles. The molecule has 1 saturated heterocycles. The molecule has 2 aliphatic rings. The number of carbonyl (C=O) groups is 1. The van der Waals surface area contributed by atoms with Gasteiger partial charge in [0.05, 0.1) is 10.9 Å². The van der Waals surface area contributed by atoms with Crippen molar-refractivity contribution >= 4 is 22.6 Å². The summed E-state index contributed by atoms with van der Waals surface area (Å²) in [6.45, 7) is 1.47. The second kappa shape index (κ2) is 4.45. The summed E-state index contributed by atoms with van der Waals surface area (Å²) in [5.41, 5.74) is 1.55. The van der Waals surface area contributed by atoms with Gasteiger partial charge in [0.1, 0.15) is 0 Å². The van der Waals surface area contributed by atoms with Gasteiger partial charge in [0.25, 0.3) is 0 Å². The Bertz CT molecular complexity index is 710. The number of nitrogens with zero attached hydrogens (tertiary/aromatic N) is 2. The average Bonchev–Trinajstić information content (AvgIpc) is 3.04. The number of rotatable bonds is 2. The van der Waals surface area contributed by atoms with Gasteiger partial charge in [0.15, 0.2) is 0 Å². The zero-order chi connectivity index (χ0) is 14.4. The quantitative estimate of drug-likeness (QED) is 0.920. The minimum atomic E-state index is -0.620. The molecule has 108 valence electrons. The fourth-order valence-electron chi connectivity index (χ4n) is 4.18. The molecular weight excluding hydrogens is 264 g/mol. The first-order valence-corrected chi connectivity index (χ1v) is 7.53. The maximum Gasteiger partial charge on any atom is 0.311 e. The second-order valence-electron chi connectivity index (χ2n) is 6.28. The molecule has 0 radical (unpaired) electrons. The maximum atomic E-state index is 11.8. The maximum absolute atomic E-state index is 11.8. The lowest BCUT2D eigenvalue weighted by Gasteiger charge is -2.24. The highest BCUT2D eigenvalue weighted by atomic mass is 16.4. The van der Waals surface area contributed by atoms with Crippen LogP contribution in [0.1, 0.15) is 19.3 Å². The SMILES string of the molecule is O=C(O)[C@@]12CCC[C@H]1CN(c1ccnc3ccccc13)C2. The number of carboxylic acids is 1. The number of hydrogen-bond acceptors (Lipinski definition) is 3. The first-order chi connectivity index (χ1) is 10.2. The molecule has 0 spiro atoms. The summed E-state index contributed by atoms with van der Waals surface area (Å²) in [5, 5.41) is 10.8. The minimum Gasteiger partial charge on any atom is -0.481 e. The zero-order valence-electron chi connectivity index (χ0n) is 11.8. The van der Waals surface area contributed by atoms with E-state index < -0.39 is 11.4 Å². The fraction of sp³-hybridized carbons (Fsp3) is 0.412. The van der Waals surface area contributed by atoms with E-state index in [9.17, 15) is 9.90 Å². The molecule has 21 heavy (non-hydrogen) atoms. The highest BCUT2D eigenvalue weighted by Crippen LogP contribution is 2.50. The molecule has 2 atom stereocenters. The van der Waals surface area contributed by atoms with E-state index in [2.05, 4.69) is 16.0 Å². The number of fused-ring (bicyclic) bond motifs is 2. The smallest absolute Gasteiger partial charge is 0.311 e. The van der Waals surface area contributed by atoms with Crippen LogP contribution >= 0.6 is 0 Å². The van der Waals surface area contributed by atoms with Crippen LogP contribution in [0.3, 0.4) is 0 Å². The van der Waals surface area contributed by atoms with Crippen molar-refractivity contribution in [1.29, 1.82) is 0 Å². The Morgan fingerprint density at radius 2 is 2.19 bits per heavy atom. The van der Waals surface area contributed by atoms with Gasteiger partial charge in [-0.3, -0.25) is 9.78 Å². The van der Waals surface area contributed by atoms with E-state index in [0.29, 0.717) is 6.54 Å². The Morgan fingerprint density at radius 3 is 3.00 bits per heavy atom. The van der Waals surface area contributed by atoms with Crippen molar-refractivity contribution in [1.82, 2.24) is 4.98 Å². The lowest BCUT2D eigenvalue weighted by Crippen LogP contribution is -2.35. The normalized spacial score (nSPS) is 28.0. The standard InChI is InChI=1S/C17H18N2O2/c20-16(21)17-8-3-4-12(17)10-19(11-17)15-7-9-18-14-6-2-1-5-13(14)15/h1-2,5-7,9,12H,3-4,8,10-11H2,(H,20,21)/t12-,17+/m0/s1. The van der Waals surface area contributed by atoms with Crippen molar-refractivity contribution < 1.29 is 9.90 Å². The van der Waals surface area contributed by atoms with Gasteiger partial charge < -0.3 is 10.0 Å². The highest BCUT2D eigenvalue weighted by Gasteiger charge is 2.55. The van der Waals surface area contributed by atoms with Crippen molar-refractivity contribution in [3.05, 3.63) is 36.5 Å². The Kier molecular flexibility index (Phi) is 2.67. The van der Waals surface area contributed by atoms with Gasteiger partial charge in [-0.2, -0.15) is 0 Å². The molecule has 2 fully saturated rings. The van der Waals surface area contributed by atoms with Crippen LogP contribution in [0.5, 0.6) is 0 Å². The molecule has 1 N–H and O–H groups in total. The summed E-state index contributed by atoms with van der Waals surface area (Å²) in [6, 6.07) is 10.1. The van der Waals surface area contributed by atoms with E-state index >= 15 is 0 Å². The fourth-order valence-corrected chi connectivity index (χ4v) is 4.18. The molecule has 4 nitrogen and oxygen atoms in total. The van der Waals surface area contributed by atoms with Crippen LogP contribution in [-0.2, 0) is 4.79 Å². The highest BCUT2D eigenvalue weighted by molar-refractivity contribution is 5.92. The van der Waals surface area contributed by atoms with Gasteiger partial charge >= 0.3 is 5.97 Å². The molecule has 0 amide bonds. The van der Waals surface area contributed by atoms with Gasteiger partial charge in [0, 0.05) is 30.4 Å². The van der Waals surface area contributed by atoms with E-state index in [1.807, 2.05) is 30.5 Å². The predicted molar refractivity (Wildman–Crippen MR) is 81.4 cm³/mol. The molecule has 1 aliphatic carbocycles. The van der Waals surface area contributed by atoms with Crippen molar-refractivity contribution in [3.8, 4) is 0 Å². The van der Waals surface area contributed by atoms with Crippen molar-refractivity contribution in [2.75, 3.05) is 18.0 Å². The van der Waals surface area contributed by atoms with Crippen LogP contribution < -0.4 is 4.90 Å². The van der Waals surface area contributed by atoms with Gasteiger partial charge in [-0.05, 0) is 30.9 Å². The van der Waals surface area contributed by atoms with Crippen molar-refractivity contribution in [2.45, 2.75) is 19.3 Å². The third kappa shape index (κ3) is 1.75. The average molecular weight is 282 g/mol.